The smallest absolute Gasteiger partial charge is 1.00 e. The number of methoxy groups -OCH3 is 4. The first kappa shape index (κ1) is 74.7. The van der Waals surface area contributed by atoms with Crippen molar-refractivity contribution >= 4 is 55.9 Å². The van der Waals surface area contributed by atoms with E-state index in [4.69, 9.17) is 24.7 Å². The van der Waals surface area contributed by atoms with Crippen LogP contribution in [0.15, 0.2) is 181 Å². The van der Waals surface area contributed by atoms with Gasteiger partial charge in [0.05, 0.1) is 85.4 Å². The van der Waals surface area contributed by atoms with Gasteiger partial charge in [0.2, 0.25) is 5.82 Å². The third-order valence-electron chi connectivity index (χ3n) is 15.5. The van der Waals surface area contributed by atoms with E-state index in [0.717, 1.165) is 88.1 Å². The van der Waals surface area contributed by atoms with Gasteiger partial charge in [0.25, 0.3) is 21.4 Å². The largest absolute Gasteiger partial charge is 1.00 e. The van der Waals surface area contributed by atoms with E-state index in [2.05, 4.69) is 116 Å². The molecule has 0 spiro atoms. The molecule has 0 fully saturated rings. The monoisotopic (exact) mass is 1560 g/mol. The van der Waals surface area contributed by atoms with Crippen molar-refractivity contribution in [3.05, 3.63) is 236 Å². The second kappa shape index (κ2) is 35.9. The number of hydrazone groups is 1. The minimum absolute atomic E-state index is 0. The summed E-state index contributed by atoms with van der Waals surface area (Å²) in [6.07, 6.45) is 16.4. The molecule has 95 heavy (non-hydrogen) atoms. The number of fused-ring (bicyclic) bond motifs is 2. The van der Waals surface area contributed by atoms with Crippen molar-refractivity contribution < 1.29 is 113 Å². The molecular weight excluding hydrogens is 1490 g/mol. The average molecular weight is 1560 g/mol. The molecule has 0 saturated heterocycles. The van der Waals surface area contributed by atoms with Gasteiger partial charge in [-0.25, -0.2) is 14.8 Å². The number of nitrogens with one attached hydrogen (secondary N) is 1. The number of anilines is 1. The van der Waals surface area contributed by atoms with Crippen molar-refractivity contribution in [2.45, 2.75) is 50.6 Å². The van der Waals surface area contributed by atoms with Crippen LogP contribution in [-0.4, -0.2) is 133 Å². The van der Waals surface area contributed by atoms with Crippen molar-refractivity contribution in [2.75, 3.05) is 65.3 Å². The van der Waals surface area contributed by atoms with Gasteiger partial charge in [-0.1, -0.05) is 76.7 Å². The van der Waals surface area contributed by atoms with Crippen molar-refractivity contribution in [3.8, 4) is 51.4 Å². The first-order chi connectivity index (χ1) is 45.1. The second-order valence-corrected chi connectivity index (χ2v) is 23.0. The number of halogens is 2. The number of nitro groups is 2. The SMILES string of the molecule is CI.COc1cc(-c2nnn(-c3ccc(CCN4CCc5cc(-n6ccnc6)ccc5C4)cc3)n2)c([N+](=O)[O-])cc1OC.COc1cc(/C=N/NS(=O)(=O)c2ccc(C)cc2)c([N+](=O)[O-])cc1OC.Nc1ccc(CCN2CCc3cc(-n4ccnc4)ccc3C2)cc1.[I-].[K+]. The fourth-order valence-electron chi connectivity index (χ4n) is 10.5. The second-order valence-electron chi connectivity index (χ2n) is 21.4. The third-order valence-corrected chi connectivity index (χ3v) is 16.8. The first-order valence-corrected chi connectivity index (χ1v) is 32.9. The summed E-state index contributed by atoms with van der Waals surface area (Å²) >= 11 is 2.15. The summed E-state index contributed by atoms with van der Waals surface area (Å²) in [5.74, 6) is 1.13. The Bertz CT molecular complexity index is 4300. The zero-order valence-corrected chi connectivity index (χ0v) is 61.7. The summed E-state index contributed by atoms with van der Waals surface area (Å²) in [6, 6.07) is 41.0. The fraction of sp³-hybridized carbons (Fsp3) is 0.242. The van der Waals surface area contributed by atoms with E-state index < -0.39 is 19.9 Å². The Morgan fingerprint density at radius 3 is 1.59 bits per heavy atom. The number of rotatable bonds is 20. The predicted molar refractivity (Wildman–Crippen MR) is 363 cm³/mol. The molecule has 0 aliphatic carbocycles. The van der Waals surface area contributed by atoms with Gasteiger partial charge in [-0.05, 0) is 143 Å². The number of sulfonamides is 1. The molecule has 10 aromatic rings. The van der Waals surface area contributed by atoms with Gasteiger partial charge < -0.3 is 57.8 Å². The van der Waals surface area contributed by atoms with E-state index in [1.54, 1.807) is 18.3 Å². The topological polar surface area (TPSA) is 293 Å². The Balaban J connectivity index is 0.000000206. The number of imidazole rings is 2. The van der Waals surface area contributed by atoms with E-state index in [0.29, 0.717) is 11.4 Å². The van der Waals surface area contributed by atoms with Crippen molar-refractivity contribution in [3.63, 3.8) is 0 Å². The van der Waals surface area contributed by atoms with Crippen molar-refractivity contribution in [1.82, 2.24) is 53.9 Å². The number of tetrazole rings is 1. The molecule has 0 bridgehead atoms. The number of nitrogens with two attached hydrogens (primary N) is 1. The van der Waals surface area contributed by atoms with Gasteiger partial charge in [0, 0.05) is 87.2 Å². The maximum Gasteiger partial charge on any atom is 1.00 e. The zero-order chi connectivity index (χ0) is 66.0. The van der Waals surface area contributed by atoms with Gasteiger partial charge in [0.1, 0.15) is 5.56 Å². The Kier molecular flexibility index (Phi) is 28.2. The van der Waals surface area contributed by atoms with Crippen LogP contribution in [0.4, 0.5) is 17.1 Å². The Labute approximate surface area is 624 Å². The van der Waals surface area contributed by atoms with Gasteiger partial charge in [-0.15, -0.1) is 15.0 Å². The van der Waals surface area contributed by atoms with Gasteiger partial charge in [0.15, 0.2) is 23.0 Å². The van der Waals surface area contributed by atoms with Gasteiger partial charge in [-0.3, -0.25) is 30.0 Å². The molecule has 0 radical (unpaired) electrons. The molecule has 490 valence electrons. The standard InChI is InChI=1S/C29H28N8O4.C20H22N4.C16H17N3O6S.CH3I.HI.K/c1-40-27-16-25(26(37(38)39)17-28(27)41-2)29-31-33-36(32-29)23-6-3-20(4-7-23)9-12-34-13-10-21-15-24(8-5-22(21)18-34)35-14-11-30-19-35;21-19-4-1-16(2-5-19)7-10-23-11-8-17-13-20(6-3-18(17)14-23)24-12-9-22-15-24;1-11-4-6-13(7-5-11)26(22,23)18-17-10-12-8-15(24-2)16(25-3)9-14(12)19(20)21;1-2;;/h3-8,11,14-17,19H,9-10,12-13,18H2,1-2H3;1-6,9,12-13,15H,7-8,10-11,14,21H2;4-10,18H,1-3H3;1H3;1H;/q;;;;;+1/p-1/b;;17-10+;;;. The molecule has 7 aromatic carbocycles. The number of nitrogen functional groups attached to an aromatic ring is 1. The van der Waals surface area contributed by atoms with Gasteiger partial charge >= 0.3 is 51.4 Å². The third kappa shape index (κ3) is 19.7. The maximum absolute atomic E-state index is 12.2. The number of nitro benzene ring substituents is 2. The number of aryl methyl sites for hydroxylation is 1. The molecule has 3 aromatic heterocycles. The number of ether oxygens (including phenoxy) is 4. The van der Waals surface area contributed by atoms with E-state index >= 15 is 0 Å². The minimum atomic E-state index is -3.88. The molecule has 0 atom stereocenters. The van der Waals surface area contributed by atoms with Crippen LogP contribution in [0.25, 0.3) is 28.5 Å². The normalized spacial score (nSPS) is 12.5. The van der Waals surface area contributed by atoms with Crippen LogP contribution < -0.4 is 105 Å². The van der Waals surface area contributed by atoms with Crippen LogP contribution >= 0.6 is 22.6 Å². The van der Waals surface area contributed by atoms with Gasteiger partial charge in [-0.2, -0.15) is 13.5 Å². The van der Waals surface area contributed by atoms with Crippen LogP contribution in [0.3, 0.4) is 0 Å². The summed E-state index contributed by atoms with van der Waals surface area (Å²) in [6.45, 7) is 7.99. The number of aromatic nitrogens is 8. The molecule has 3 N–H and O–H groups in total. The number of alkyl halides is 1. The molecule has 2 aliphatic heterocycles. The average Bonchev–Trinajstić information content (AvgIpc) is 1.81. The molecule has 0 unspecified atom stereocenters. The number of nitrogens with zero attached hydrogens (tertiary/aromatic N) is 13. The molecule has 0 saturated carbocycles. The summed E-state index contributed by atoms with van der Waals surface area (Å²) in [7, 11) is 1.73. The molecule has 12 rings (SSSR count). The summed E-state index contributed by atoms with van der Waals surface area (Å²) in [5, 5.41) is 39.1. The van der Waals surface area contributed by atoms with E-state index in [1.807, 2.05) is 88.9 Å². The van der Waals surface area contributed by atoms with E-state index in [-0.39, 0.29) is 126 Å². The zero-order valence-electron chi connectivity index (χ0n) is 53.5. The maximum atomic E-state index is 12.2. The molecule has 0 amide bonds. The summed E-state index contributed by atoms with van der Waals surface area (Å²) < 4.78 is 49.1. The summed E-state index contributed by atoms with van der Waals surface area (Å²) in [4.78, 5) is 40.4. The van der Waals surface area contributed by atoms with Crippen molar-refractivity contribution in [1.29, 1.82) is 0 Å². The van der Waals surface area contributed by atoms with Crippen LogP contribution in [0.1, 0.15) is 44.5 Å². The van der Waals surface area contributed by atoms with Crippen LogP contribution in [0, 0.1) is 27.2 Å². The summed E-state index contributed by atoms with van der Waals surface area (Å²) in [5.41, 5.74) is 18.5. The van der Waals surface area contributed by atoms with Crippen molar-refractivity contribution in [2.24, 2.45) is 5.10 Å². The Hall–Kier alpha value is -7.73. The molecule has 2 aliphatic rings. The number of hydrogen-bond donors (Lipinski definition) is 2. The van der Waals surface area contributed by atoms with E-state index in [9.17, 15) is 28.6 Å². The van der Waals surface area contributed by atoms with Crippen LogP contribution in [0.5, 0.6) is 23.0 Å². The number of benzene rings is 7. The quantitative estimate of drug-likeness (QED) is 0.0203. The number of hydrogen-bond acceptors (Lipinski definition) is 19. The molecule has 5 heterocycles. The Morgan fingerprint density at radius 2 is 1.11 bits per heavy atom. The van der Waals surface area contributed by atoms with Crippen LogP contribution in [0.2, 0.25) is 0 Å². The first-order valence-electron chi connectivity index (χ1n) is 29.3. The molecule has 25 nitrogen and oxygen atoms in total. The molecule has 29 heteroatoms. The molecular formula is C66H70I2KN15O10S. The van der Waals surface area contributed by atoms with E-state index in [1.165, 1.54) is 109 Å². The minimum Gasteiger partial charge on any atom is -1.00 e. The fourth-order valence-corrected chi connectivity index (χ4v) is 11.3. The predicted octanol–water partition coefficient (Wildman–Crippen LogP) is 4.39. The van der Waals surface area contributed by atoms with Crippen LogP contribution in [-0.2, 0) is 48.8 Å². The Morgan fingerprint density at radius 1 is 0.632 bits per heavy atom.